The molecule has 7 heteroatoms. The van der Waals surface area contributed by atoms with Crippen molar-refractivity contribution in [2.24, 2.45) is 0 Å². The first-order valence-corrected chi connectivity index (χ1v) is 6.04. The fourth-order valence-corrected chi connectivity index (χ4v) is 1.86. The summed E-state index contributed by atoms with van der Waals surface area (Å²) in [7, 11) is 0. The van der Waals surface area contributed by atoms with Crippen molar-refractivity contribution in [2.45, 2.75) is 13.0 Å². The van der Waals surface area contributed by atoms with Crippen LogP contribution in [0.4, 0.5) is 0 Å². The number of aromatic amines is 1. The number of rotatable bonds is 4. The normalized spacial score (nSPS) is 10.6. The molecule has 0 aliphatic heterocycles. The molecule has 2 aromatic rings. The highest BCUT2D eigenvalue weighted by molar-refractivity contribution is 6.31. The summed E-state index contributed by atoms with van der Waals surface area (Å²) in [6.07, 6.45) is 0.223. The number of hydrogen-bond acceptors (Lipinski definition) is 4. The number of halogens is 1. The zero-order chi connectivity index (χ0) is 13.8. The van der Waals surface area contributed by atoms with Gasteiger partial charge in [0.05, 0.1) is 13.2 Å². The third-order valence-electron chi connectivity index (χ3n) is 2.59. The van der Waals surface area contributed by atoms with Crippen LogP contribution >= 0.6 is 11.6 Å². The van der Waals surface area contributed by atoms with Crippen LogP contribution in [0.3, 0.4) is 0 Å². The summed E-state index contributed by atoms with van der Waals surface area (Å²) < 4.78 is 1.02. The van der Waals surface area contributed by atoms with Crippen LogP contribution in [-0.4, -0.2) is 26.5 Å². The molecule has 0 saturated heterocycles. The van der Waals surface area contributed by atoms with Gasteiger partial charge in [-0.05, 0) is 11.6 Å². The largest absolute Gasteiger partial charge is 0.394 e. The van der Waals surface area contributed by atoms with Gasteiger partial charge in [0.2, 0.25) is 0 Å². The lowest BCUT2D eigenvalue weighted by Crippen LogP contribution is -2.35. The Kier molecular flexibility index (Phi) is 4.13. The number of aliphatic hydroxyl groups excluding tert-OH is 1. The zero-order valence-electron chi connectivity index (χ0n) is 9.97. The molecule has 0 fully saturated rings. The molecule has 0 unspecified atom stereocenters. The van der Waals surface area contributed by atoms with E-state index in [0.717, 1.165) is 10.2 Å². The van der Waals surface area contributed by atoms with E-state index < -0.39 is 11.2 Å². The number of hydrogen-bond donors (Lipinski definition) is 2. The van der Waals surface area contributed by atoms with Gasteiger partial charge in [-0.15, -0.1) is 0 Å². The quantitative estimate of drug-likeness (QED) is 0.836. The Morgan fingerprint density at radius 1 is 1.32 bits per heavy atom. The molecule has 19 heavy (non-hydrogen) atoms. The number of H-pyrrole nitrogens is 1. The van der Waals surface area contributed by atoms with Crippen LogP contribution in [0.2, 0.25) is 5.02 Å². The van der Waals surface area contributed by atoms with Crippen LogP contribution in [0.5, 0.6) is 0 Å². The van der Waals surface area contributed by atoms with Gasteiger partial charge in [0.1, 0.15) is 5.69 Å². The van der Waals surface area contributed by atoms with E-state index in [1.165, 1.54) is 0 Å². The van der Waals surface area contributed by atoms with E-state index in [2.05, 4.69) is 10.1 Å². The Hall–Kier alpha value is -1.92. The van der Waals surface area contributed by atoms with E-state index in [4.69, 9.17) is 16.7 Å². The molecule has 0 bridgehead atoms. The van der Waals surface area contributed by atoms with Crippen molar-refractivity contribution >= 4 is 11.6 Å². The highest BCUT2D eigenvalue weighted by Gasteiger charge is 2.09. The monoisotopic (exact) mass is 281 g/mol. The molecule has 6 nitrogen and oxygen atoms in total. The van der Waals surface area contributed by atoms with E-state index in [0.29, 0.717) is 5.02 Å². The molecule has 1 heterocycles. The molecule has 1 aromatic carbocycles. The van der Waals surface area contributed by atoms with Gasteiger partial charge in [-0.3, -0.25) is 9.78 Å². The molecule has 0 spiro atoms. The molecule has 1 aromatic heterocycles. The molecular formula is C12H12ClN3O3. The van der Waals surface area contributed by atoms with Crippen LogP contribution < -0.4 is 11.2 Å². The molecule has 2 rings (SSSR count). The predicted molar refractivity (Wildman–Crippen MR) is 70.5 cm³/mol. The van der Waals surface area contributed by atoms with E-state index in [1.807, 2.05) is 0 Å². The summed E-state index contributed by atoms with van der Waals surface area (Å²) in [4.78, 5) is 25.3. The van der Waals surface area contributed by atoms with Crippen molar-refractivity contribution in [1.29, 1.82) is 0 Å². The number of nitrogens with zero attached hydrogens (tertiary/aromatic N) is 2. The van der Waals surface area contributed by atoms with Crippen LogP contribution in [0.1, 0.15) is 11.3 Å². The van der Waals surface area contributed by atoms with Crippen molar-refractivity contribution < 1.29 is 5.11 Å². The van der Waals surface area contributed by atoms with E-state index in [9.17, 15) is 9.59 Å². The summed E-state index contributed by atoms with van der Waals surface area (Å²) in [5.74, 6) is 0. The molecule has 0 aliphatic rings. The molecule has 100 valence electrons. The van der Waals surface area contributed by atoms with Crippen LogP contribution in [0.15, 0.2) is 33.9 Å². The maximum atomic E-state index is 11.7. The highest BCUT2D eigenvalue weighted by Crippen LogP contribution is 2.16. The first-order valence-electron chi connectivity index (χ1n) is 5.66. The van der Waals surface area contributed by atoms with Gasteiger partial charge in [0.25, 0.3) is 5.56 Å². The van der Waals surface area contributed by atoms with Gasteiger partial charge in [0.15, 0.2) is 0 Å². The minimum atomic E-state index is -0.637. The van der Waals surface area contributed by atoms with Crippen LogP contribution in [0, 0.1) is 0 Å². The zero-order valence-corrected chi connectivity index (χ0v) is 10.7. The van der Waals surface area contributed by atoms with Crippen molar-refractivity contribution in [1.82, 2.24) is 14.8 Å². The average molecular weight is 282 g/mol. The SMILES string of the molecule is O=c1[nH]c(=O)n(CCO)nc1Cc1ccccc1Cl. The lowest BCUT2D eigenvalue weighted by atomic mass is 10.1. The first kappa shape index (κ1) is 13.5. The number of nitrogens with one attached hydrogen (secondary N) is 1. The highest BCUT2D eigenvalue weighted by atomic mass is 35.5. The van der Waals surface area contributed by atoms with Gasteiger partial charge < -0.3 is 5.11 Å². The Morgan fingerprint density at radius 3 is 2.74 bits per heavy atom. The maximum absolute atomic E-state index is 11.7. The smallest absolute Gasteiger partial charge is 0.344 e. The second kappa shape index (κ2) is 5.81. The van der Waals surface area contributed by atoms with Crippen molar-refractivity contribution in [3.05, 3.63) is 61.4 Å². The molecule has 0 atom stereocenters. The summed E-state index contributed by atoms with van der Waals surface area (Å²) in [6, 6.07) is 7.09. The predicted octanol–water partition coefficient (Wildman–Crippen LogP) is 0.168. The molecule has 0 radical (unpaired) electrons. The Balaban J connectivity index is 2.40. The third kappa shape index (κ3) is 3.10. The van der Waals surface area contributed by atoms with E-state index >= 15 is 0 Å². The minimum Gasteiger partial charge on any atom is -0.394 e. The average Bonchev–Trinajstić information content (AvgIpc) is 2.38. The Labute approximate surface area is 113 Å². The number of aliphatic hydroxyl groups is 1. The molecule has 2 N–H and O–H groups in total. The van der Waals surface area contributed by atoms with Crippen molar-refractivity contribution in [3.63, 3.8) is 0 Å². The van der Waals surface area contributed by atoms with Crippen molar-refractivity contribution in [2.75, 3.05) is 6.61 Å². The molecule has 0 saturated carbocycles. The summed E-state index contributed by atoms with van der Waals surface area (Å²) in [6.45, 7) is -0.199. The van der Waals surface area contributed by atoms with E-state index in [1.54, 1.807) is 24.3 Å². The second-order valence-corrected chi connectivity index (χ2v) is 4.33. The fourth-order valence-electron chi connectivity index (χ4n) is 1.65. The van der Waals surface area contributed by atoms with Gasteiger partial charge in [-0.25, -0.2) is 9.48 Å². The molecular weight excluding hydrogens is 270 g/mol. The van der Waals surface area contributed by atoms with Gasteiger partial charge in [0, 0.05) is 11.4 Å². The minimum absolute atomic E-state index is 0.0329. The number of benzene rings is 1. The lowest BCUT2D eigenvalue weighted by Gasteiger charge is -2.06. The van der Waals surface area contributed by atoms with Crippen molar-refractivity contribution in [3.8, 4) is 0 Å². The second-order valence-electron chi connectivity index (χ2n) is 3.92. The Morgan fingerprint density at radius 2 is 2.05 bits per heavy atom. The summed E-state index contributed by atoms with van der Waals surface area (Å²) >= 11 is 6.01. The van der Waals surface area contributed by atoms with E-state index in [-0.39, 0.29) is 25.3 Å². The van der Waals surface area contributed by atoms with Gasteiger partial charge in [-0.1, -0.05) is 29.8 Å². The summed E-state index contributed by atoms with van der Waals surface area (Å²) in [5, 5.41) is 13.3. The fraction of sp³-hybridized carbons (Fsp3) is 0.250. The maximum Gasteiger partial charge on any atom is 0.344 e. The van der Waals surface area contributed by atoms with Gasteiger partial charge in [-0.2, -0.15) is 5.10 Å². The standard InChI is InChI=1S/C12H12ClN3O3/c13-9-4-2-1-3-8(9)7-10-11(18)14-12(19)16(15-10)5-6-17/h1-4,17H,5-7H2,(H,14,18,19). The Bertz CT molecular complexity index is 693. The third-order valence-corrected chi connectivity index (χ3v) is 2.95. The lowest BCUT2D eigenvalue weighted by molar-refractivity contribution is 0.264. The first-order chi connectivity index (χ1) is 9.11. The van der Waals surface area contributed by atoms with Crippen LogP contribution in [-0.2, 0) is 13.0 Å². The summed E-state index contributed by atoms with van der Waals surface area (Å²) in [5.41, 5.74) is -0.251. The van der Waals surface area contributed by atoms with Crippen LogP contribution in [0.25, 0.3) is 0 Å². The molecule has 0 aliphatic carbocycles. The molecule has 0 amide bonds. The topological polar surface area (TPSA) is 88.0 Å². The van der Waals surface area contributed by atoms with Gasteiger partial charge >= 0.3 is 5.69 Å². The number of aromatic nitrogens is 3.